The van der Waals surface area contributed by atoms with Gasteiger partial charge in [0.15, 0.2) is 0 Å². The highest BCUT2D eigenvalue weighted by Crippen LogP contribution is 2.30. The summed E-state index contributed by atoms with van der Waals surface area (Å²) in [7, 11) is 1.81. The fourth-order valence-corrected chi connectivity index (χ4v) is 2.39. The summed E-state index contributed by atoms with van der Waals surface area (Å²) >= 11 is 0. The lowest BCUT2D eigenvalue weighted by Crippen LogP contribution is -2.32. The van der Waals surface area contributed by atoms with Crippen LogP contribution >= 0.6 is 0 Å². The van der Waals surface area contributed by atoms with Crippen molar-refractivity contribution in [3.63, 3.8) is 0 Å². The maximum absolute atomic E-state index is 9.02. The maximum Gasteiger partial charge on any atom is 0.0676 e. The highest BCUT2D eigenvalue weighted by atomic mass is 16.5. The molecule has 0 aromatic rings. The molecule has 15 heavy (non-hydrogen) atoms. The third kappa shape index (κ3) is 4.98. The van der Waals surface area contributed by atoms with Gasteiger partial charge in [-0.25, -0.2) is 0 Å². The Labute approximate surface area is 95.0 Å². The zero-order valence-corrected chi connectivity index (χ0v) is 11.0. The first-order valence-electron chi connectivity index (χ1n) is 6.19. The predicted molar refractivity (Wildman–Crippen MR) is 65.0 cm³/mol. The fourth-order valence-electron chi connectivity index (χ4n) is 2.39. The van der Waals surface area contributed by atoms with Crippen molar-refractivity contribution in [2.45, 2.75) is 59.0 Å². The first-order valence-corrected chi connectivity index (χ1v) is 6.19. The van der Waals surface area contributed by atoms with E-state index in [2.05, 4.69) is 27.7 Å². The van der Waals surface area contributed by atoms with Crippen molar-refractivity contribution < 1.29 is 9.84 Å². The van der Waals surface area contributed by atoms with E-state index in [-0.39, 0.29) is 5.60 Å². The van der Waals surface area contributed by atoms with E-state index in [1.54, 1.807) is 0 Å². The Kier molecular flexibility index (Phi) is 7.20. The fraction of sp³-hybridized carbons (Fsp3) is 1.00. The van der Waals surface area contributed by atoms with E-state index in [9.17, 15) is 0 Å². The van der Waals surface area contributed by atoms with Crippen molar-refractivity contribution in [3.8, 4) is 0 Å². The van der Waals surface area contributed by atoms with Gasteiger partial charge in [-0.1, -0.05) is 27.7 Å². The van der Waals surface area contributed by atoms with Gasteiger partial charge in [-0.15, -0.1) is 0 Å². The van der Waals surface area contributed by atoms with Crippen LogP contribution in [0.25, 0.3) is 0 Å². The Morgan fingerprint density at radius 1 is 1.13 bits per heavy atom. The van der Waals surface area contributed by atoms with E-state index in [4.69, 9.17) is 9.84 Å². The van der Waals surface area contributed by atoms with Crippen LogP contribution < -0.4 is 0 Å². The summed E-state index contributed by atoms with van der Waals surface area (Å²) in [4.78, 5) is 0. The minimum Gasteiger partial charge on any atom is -0.396 e. The molecule has 0 radical (unpaired) electrons. The second-order valence-electron chi connectivity index (χ2n) is 4.93. The van der Waals surface area contributed by atoms with Crippen LogP contribution in [0.15, 0.2) is 0 Å². The van der Waals surface area contributed by atoms with E-state index in [1.807, 2.05) is 7.11 Å². The predicted octanol–water partition coefficient (Wildman–Crippen LogP) is 3.24. The average Bonchev–Trinajstić information content (AvgIpc) is 2.26. The molecular formula is C13H28O2. The van der Waals surface area contributed by atoms with Crippen molar-refractivity contribution in [1.29, 1.82) is 0 Å². The van der Waals surface area contributed by atoms with Crippen LogP contribution in [0.5, 0.6) is 0 Å². The Morgan fingerprint density at radius 3 is 2.00 bits per heavy atom. The molecule has 2 nitrogen and oxygen atoms in total. The summed E-state index contributed by atoms with van der Waals surface area (Å²) in [6, 6.07) is 0. The maximum atomic E-state index is 9.02. The Hall–Kier alpha value is -0.0800. The molecule has 0 bridgehead atoms. The Morgan fingerprint density at radius 2 is 1.67 bits per heavy atom. The number of rotatable bonds is 8. The quantitative estimate of drug-likeness (QED) is 0.675. The Balaban J connectivity index is 4.16. The molecule has 0 saturated heterocycles. The zero-order chi connectivity index (χ0) is 11.9. The number of methoxy groups -OCH3 is 1. The SMILES string of the molecule is CCC(CC)(CC(C)CC(C)CO)OC. The van der Waals surface area contributed by atoms with Crippen LogP contribution in [0.1, 0.15) is 53.4 Å². The third-order valence-corrected chi connectivity index (χ3v) is 3.56. The molecule has 0 aliphatic heterocycles. The minimum atomic E-state index is 0.0502. The van der Waals surface area contributed by atoms with Crippen LogP contribution in [0.2, 0.25) is 0 Å². The monoisotopic (exact) mass is 216 g/mol. The van der Waals surface area contributed by atoms with Crippen LogP contribution in [-0.4, -0.2) is 24.4 Å². The molecule has 0 saturated carbocycles. The lowest BCUT2D eigenvalue weighted by molar-refractivity contribution is -0.0365. The van der Waals surface area contributed by atoms with E-state index in [0.29, 0.717) is 18.4 Å². The van der Waals surface area contributed by atoms with Crippen LogP contribution in [0.3, 0.4) is 0 Å². The second-order valence-corrected chi connectivity index (χ2v) is 4.93. The van der Waals surface area contributed by atoms with Crippen LogP contribution in [0.4, 0.5) is 0 Å². The van der Waals surface area contributed by atoms with Gasteiger partial charge in [-0.05, 0) is 37.5 Å². The molecule has 0 rings (SSSR count). The largest absolute Gasteiger partial charge is 0.396 e. The van der Waals surface area contributed by atoms with Gasteiger partial charge in [0, 0.05) is 13.7 Å². The number of ether oxygens (including phenoxy) is 1. The molecule has 2 atom stereocenters. The molecular weight excluding hydrogens is 188 g/mol. The summed E-state index contributed by atoms with van der Waals surface area (Å²) in [5.41, 5.74) is 0.0502. The lowest BCUT2D eigenvalue weighted by atomic mass is 9.83. The van der Waals surface area contributed by atoms with Gasteiger partial charge >= 0.3 is 0 Å². The smallest absolute Gasteiger partial charge is 0.0676 e. The number of hydrogen-bond acceptors (Lipinski definition) is 2. The summed E-state index contributed by atoms with van der Waals surface area (Å²) in [6.07, 6.45) is 4.32. The van der Waals surface area contributed by atoms with Crippen molar-refractivity contribution >= 4 is 0 Å². The van der Waals surface area contributed by atoms with E-state index in [1.165, 1.54) is 0 Å². The molecule has 0 heterocycles. The van der Waals surface area contributed by atoms with Crippen molar-refractivity contribution in [3.05, 3.63) is 0 Å². The Bertz CT molecular complexity index is 144. The normalized spacial score (nSPS) is 16.4. The molecule has 0 aromatic heterocycles. The third-order valence-electron chi connectivity index (χ3n) is 3.56. The highest BCUT2D eigenvalue weighted by Gasteiger charge is 2.28. The molecule has 1 N–H and O–H groups in total. The van der Waals surface area contributed by atoms with Gasteiger partial charge in [0.1, 0.15) is 0 Å². The summed E-state index contributed by atoms with van der Waals surface area (Å²) in [6.45, 7) is 9.03. The van der Waals surface area contributed by atoms with E-state index >= 15 is 0 Å². The van der Waals surface area contributed by atoms with Gasteiger partial charge in [-0.2, -0.15) is 0 Å². The highest BCUT2D eigenvalue weighted by molar-refractivity contribution is 4.80. The summed E-state index contributed by atoms with van der Waals surface area (Å²) < 4.78 is 5.66. The van der Waals surface area contributed by atoms with Crippen molar-refractivity contribution in [2.24, 2.45) is 11.8 Å². The van der Waals surface area contributed by atoms with Crippen molar-refractivity contribution in [2.75, 3.05) is 13.7 Å². The lowest BCUT2D eigenvalue weighted by Gasteiger charge is -2.33. The van der Waals surface area contributed by atoms with Crippen LogP contribution in [0, 0.1) is 11.8 Å². The van der Waals surface area contributed by atoms with Crippen molar-refractivity contribution in [1.82, 2.24) is 0 Å². The summed E-state index contributed by atoms with van der Waals surface area (Å²) in [5.74, 6) is 1.02. The standard InChI is InChI=1S/C13H28O2/c1-6-13(7-2,15-5)9-11(3)8-12(4)10-14/h11-12,14H,6-10H2,1-5H3. The zero-order valence-electron chi connectivity index (χ0n) is 11.0. The molecule has 0 spiro atoms. The first-order chi connectivity index (χ1) is 7.03. The molecule has 2 heteroatoms. The molecule has 92 valence electrons. The van der Waals surface area contributed by atoms with Gasteiger partial charge in [0.2, 0.25) is 0 Å². The molecule has 2 unspecified atom stereocenters. The van der Waals surface area contributed by atoms with Gasteiger partial charge in [-0.3, -0.25) is 0 Å². The van der Waals surface area contributed by atoms with Gasteiger partial charge in [0.05, 0.1) is 5.60 Å². The number of aliphatic hydroxyl groups excluding tert-OH is 1. The van der Waals surface area contributed by atoms with Gasteiger partial charge in [0.25, 0.3) is 0 Å². The average molecular weight is 216 g/mol. The topological polar surface area (TPSA) is 29.5 Å². The van der Waals surface area contributed by atoms with Gasteiger partial charge < -0.3 is 9.84 Å². The van der Waals surface area contributed by atoms with E-state index < -0.39 is 0 Å². The second kappa shape index (κ2) is 7.24. The number of aliphatic hydroxyl groups is 1. The molecule has 0 aromatic carbocycles. The molecule has 0 aliphatic rings. The number of hydrogen-bond donors (Lipinski definition) is 1. The van der Waals surface area contributed by atoms with E-state index in [0.717, 1.165) is 25.7 Å². The molecule has 0 amide bonds. The minimum absolute atomic E-state index is 0.0502. The molecule has 0 aliphatic carbocycles. The van der Waals surface area contributed by atoms with Crippen LogP contribution in [-0.2, 0) is 4.74 Å². The molecule has 0 fully saturated rings. The first kappa shape index (κ1) is 14.9. The summed E-state index contributed by atoms with van der Waals surface area (Å²) in [5, 5.41) is 9.02.